The molecular formula is C45H73N2+. The monoisotopic (exact) mass is 642 g/mol. The van der Waals surface area contributed by atoms with Gasteiger partial charge in [-0.2, -0.15) is 0 Å². The van der Waals surface area contributed by atoms with Gasteiger partial charge in [0.15, 0.2) is 0 Å². The van der Waals surface area contributed by atoms with Crippen molar-refractivity contribution in [3.05, 3.63) is 89.5 Å². The Balaban J connectivity index is 1.57. The van der Waals surface area contributed by atoms with Crippen LogP contribution < -0.4 is 4.57 Å². The van der Waals surface area contributed by atoms with Gasteiger partial charge in [-0.15, -0.1) is 0 Å². The van der Waals surface area contributed by atoms with Crippen molar-refractivity contribution in [2.75, 3.05) is 0 Å². The summed E-state index contributed by atoms with van der Waals surface area (Å²) >= 11 is 0. The summed E-state index contributed by atoms with van der Waals surface area (Å²) in [4.78, 5) is 0. The van der Waals surface area contributed by atoms with E-state index in [-0.39, 0.29) is 0 Å². The number of nitrogens with zero attached hydrogens (tertiary/aromatic N) is 2. The van der Waals surface area contributed by atoms with Crippen LogP contribution in [0.2, 0.25) is 0 Å². The molecule has 3 aromatic rings. The number of imidazole rings is 1. The lowest BCUT2D eigenvalue weighted by molar-refractivity contribution is -0.704. The van der Waals surface area contributed by atoms with Crippen molar-refractivity contribution in [3.8, 4) is 0 Å². The molecule has 0 spiro atoms. The summed E-state index contributed by atoms with van der Waals surface area (Å²) in [6, 6.07) is 22.4. The van der Waals surface area contributed by atoms with E-state index in [4.69, 9.17) is 0 Å². The summed E-state index contributed by atoms with van der Waals surface area (Å²) < 4.78 is 5.40. The van der Waals surface area contributed by atoms with Gasteiger partial charge in [-0.3, -0.25) is 0 Å². The highest BCUT2D eigenvalue weighted by Crippen LogP contribution is 2.23. The predicted octanol–water partition coefficient (Wildman–Crippen LogP) is 13.3. The van der Waals surface area contributed by atoms with Gasteiger partial charge in [0.1, 0.15) is 11.9 Å². The molecule has 1 aromatic heterocycles. The van der Waals surface area contributed by atoms with Crippen molar-refractivity contribution in [2.45, 2.75) is 194 Å². The summed E-state index contributed by atoms with van der Waals surface area (Å²) in [7, 11) is 0. The number of aryl methyl sites for hydroxylation is 1. The zero-order chi connectivity index (χ0) is 33.2. The smallest absolute Gasteiger partial charge is 0.234 e. The average molecular weight is 642 g/mol. The molecule has 0 saturated carbocycles. The average Bonchev–Trinajstić information content (AvgIpc) is 3.41. The van der Waals surface area contributed by atoms with E-state index in [1.54, 1.807) is 0 Å². The standard InChI is InChI=1S/C45H73N2/c1-4-6-8-10-12-14-15-16-17-18-19-20-22-30-36-46-40-44(38-41(3)43-34-28-25-29-35-43)47(37-31-23-21-13-11-9-7-5-2)45(46)39-42-32-26-24-27-33-42/h24-29,32-35,40-41H,4-23,30-31,36-39H2,1-3H3/q+1. The van der Waals surface area contributed by atoms with Crippen LogP contribution in [0, 0.1) is 0 Å². The first kappa shape index (κ1) is 39.1. The van der Waals surface area contributed by atoms with Gasteiger partial charge in [-0.05, 0) is 42.7 Å². The van der Waals surface area contributed by atoms with E-state index in [2.05, 4.69) is 96.8 Å². The molecule has 0 aliphatic rings. The molecule has 0 radical (unpaired) electrons. The number of unbranched alkanes of at least 4 members (excludes halogenated alkanes) is 20. The second-order valence-electron chi connectivity index (χ2n) is 14.6. The maximum absolute atomic E-state index is 2.74. The molecule has 0 amide bonds. The molecule has 0 aliphatic carbocycles. The van der Waals surface area contributed by atoms with E-state index in [1.165, 1.54) is 164 Å². The van der Waals surface area contributed by atoms with Gasteiger partial charge in [0.05, 0.1) is 19.5 Å². The van der Waals surface area contributed by atoms with Crippen LogP contribution in [0.5, 0.6) is 0 Å². The first-order valence-electron chi connectivity index (χ1n) is 20.4. The molecule has 2 aromatic carbocycles. The Labute approximate surface area is 291 Å². The Bertz CT molecular complexity index is 1130. The zero-order valence-corrected chi connectivity index (χ0v) is 31.2. The lowest BCUT2D eigenvalue weighted by atomic mass is 9.96. The van der Waals surface area contributed by atoms with Crippen LogP contribution >= 0.6 is 0 Å². The third kappa shape index (κ3) is 16.5. The predicted molar refractivity (Wildman–Crippen MR) is 205 cm³/mol. The Morgan fingerprint density at radius 3 is 1.49 bits per heavy atom. The van der Waals surface area contributed by atoms with E-state index in [0.29, 0.717) is 5.92 Å². The molecule has 0 bridgehead atoms. The summed E-state index contributed by atoms with van der Waals surface area (Å²) in [5, 5.41) is 0. The molecule has 1 atom stereocenters. The molecule has 0 aliphatic heterocycles. The first-order chi connectivity index (χ1) is 23.2. The fourth-order valence-corrected chi connectivity index (χ4v) is 7.34. The molecule has 0 N–H and O–H groups in total. The van der Waals surface area contributed by atoms with Gasteiger partial charge < -0.3 is 0 Å². The van der Waals surface area contributed by atoms with E-state index in [9.17, 15) is 0 Å². The first-order valence-corrected chi connectivity index (χ1v) is 20.4. The van der Waals surface area contributed by atoms with Gasteiger partial charge in [-0.25, -0.2) is 9.13 Å². The van der Waals surface area contributed by atoms with Crippen LogP contribution in [-0.2, 0) is 25.9 Å². The molecule has 3 rings (SSSR count). The quantitative estimate of drug-likeness (QED) is 0.0527. The van der Waals surface area contributed by atoms with Gasteiger partial charge >= 0.3 is 0 Å². The third-order valence-electron chi connectivity index (χ3n) is 10.4. The topological polar surface area (TPSA) is 8.81 Å². The summed E-state index contributed by atoms with van der Waals surface area (Å²) in [6.07, 6.45) is 35.5. The van der Waals surface area contributed by atoms with E-state index in [1.807, 2.05) is 0 Å². The lowest BCUT2D eigenvalue weighted by Gasteiger charge is -2.12. The Hall–Kier alpha value is -2.35. The van der Waals surface area contributed by atoms with Crippen LogP contribution in [0.15, 0.2) is 66.9 Å². The summed E-state index contributed by atoms with van der Waals surface area (Å²) in [6.45, 7) is 9.34. The second kappa shape index (κ2) is 25.6. The van der Waals surface area contributed by atoms with E-state index in [0.717, 1.165) is 25.9 Å². The van der Waals surface area contributed by atoms with Crippen LogP contribution in [0.25, 0.3) is 0 Å². The number of rotatable bonds is 29. The van der Waals surface area contributed by atoms with Crippen molar-refractivity contribution in [1.82, 2.24) is 4.57 Å². The van der Waals surface area contributed by atoms with Gasteiger partial charge in [-0.1, -0.05) is 197 Å². The number of aromatic nitrogens is 2. The molecule has 2 nitrogen and oxygen atoms in total. The van der Waals surface area contributed by atoms with Crippen LogP contribution in [0.4, 0.5) is 0 Å². The van der Waals surface area contributed by atoms with Crippen molar-refractivity contribution in [2.24, 2.45) is 0 Å². The number of benzene rings is 2. The Morgan fingerprint density at radius 2 is 0.979 bits per heavy atom. The minimum atomic E-state index is 0.516. The molecule has 1 heterocycles. The highest BCUT2D eigenvalue weighted by atomic mass is 15.2. The van der Waals surface area contributed by atoms with Crippen LogP contribution in [0.1, 0.15) is 191 Å². The van der Waals surface area contributed by atoms with Crippen molar-refractivity contribution >= 4 is 0 Å². The van der Waals surface area contributed by atoms with E-state index >= 15 is 0 Å². The highest BCUT2D eigenvalue weighted by molar-refractivity contribution is 5.22. The SMILES string of the molecule is CCCCCCCCCCCCCCCC[n+]1cc(CC(C)c2ccccc2)n(CCCCCCCCCC)c1Cc1ccccc1. The number of hydrogen-bond acceptors (Lipinski definition) is 0. The Morgan fingerprint density at radius 1 is 0.532 bits per heavy atom. The highest BCUT2D eigenvalue weighted by Gasteiger charge is 2.25. The maximum Gasteiger partial charge on any atom is 0.261 e. The molecule has 2 heteroatoms. The largest absolute Gasteiger partial charge is 0.261 e. The third-order valence-corrected chi connectivity index (χ3v) is 10.4. The minimum Gasteiger partial charge on any atom is -0.234 e. The second-order valence-corrected chi connectivity index (χ2v) is 14.6. The number of hydrogen-bond donors (Lipinski definition) is 0. The van der Waals surface area contributed by atoms with Gasteiger partial charge in [0.25, 0.3) is 5.82 Å². The minimum absolute atomic E-state index is 0.516. The molecule has 0 saturated heterocycles. The van der Waals surface area contributed by atoms with Crippen molar-refractivity contribution < 1.29 is 4.57 Å². The fourth-order valence-electron chi connectivity index (χ4n) is 7.34. The molecule has 0 fully saturated rings. The summed E-state index contributed by atoms with van der Waals surface area (Å²) in [5.74, 6) is 2.03. The van der Waals surface area contributed by atoms with Crippen molar-refractivity contribution in [3.63, 3.8) is 0 Å². The summed E-state index contributed by atoms with van der Waals surface area (Å²) in [5.41, 5.74) is 4.41. The Kier molecular flexibility index (Phi) is 21.3. The van der Waals surface area contributed by atoms with Gasteiger partial charge in [0, 0.05) is 6.42 Å². The van der Waals surface area contributed by atoms with Crippen molar-refractivity contribution in [1.29, 1.82) is 0 Å². The zero-order valence-electron chi connectivity index (χ0n) is 31.2. The lowest BCUT2D eigenvalue weighted by Crippen LogP contribution is -2.37. The van der Waals surface area contributed by atoms with Crippen LogP contribution in [0.3, 0.4) is 0 Å². The molecule has 1 unspecified atom stereocenters. The maximum atomic E-state index is 2.74. The fraction of sp³-hybridized carbons (Fsp3) is 0.667. The molecule has 262 valence electrons. The van der Waals surface area contributed by atoms with Gasteiger partial charge in [0.2, 0.25) is 0 Å². The van der Waals surface area contributed by atoms with E-state index < -0.39 is 0 Å². The molecule has 47 heavy (non-hydrogen) atoms. The molecular weight excluding hydrogens is 569 g/mol. The van der Waals surface area contributed by atoms with Crippen LogP contribution in [-0.4, -0.2) is 4.57 Å². The normalized spacial score (nSPS) is 12.1.